The van der Waals surface area contributed by atoms with Crippen molar-refractivity contribution in [3.8, 4) is 11.3 Å². The normalized spacial score (nSPS) is 15.4. The van der Waals surface area contributed by atoms with Crippen molar-refractivity contribution in [3.05, 3.63) is 105 Å². The van der Waals surface area contributed by atoms with Crippen molar-refractivity contribution in [1.29, 1.82) is 0 Å². The summed E-state index contributed by atoms with van der Waals surface area (Å²) in [5.41, 5.74) is 4.44. The van der Waals surface area contributed by atoms with E-state index in [0.717, 1.165) is 52.9 Å². The van der Waals surface area contributed by atoms with Gasteiger partial charge in [-0.05, 0) is 36.8 Å². The van der Waals surface area contributed by atoms with E-state index in [4.69, 9.17) is 4.52 Å². The van der Waals surface area contributed by atoms with Gasteiger partial charge in [0.05, 0.1) is 17.4 Å². The third-order valence-corrected chi connectivity index (χ3v) is 7.87. The van der Waals surface area contributed by atoms with Crippen LogP contribution < -0.4 is 10.9 Å². The van der Waals surface area contributed by atoms with Crippen LogP contribution in [-0.4, -0.2) is 20.7 Å². The second kappa shape index (κ2) is 9.60. The predicted molar refractivity (Wildman–Crippen MR) is 139 cm³/mol. The Bertz CT molecular complexity index is 1500. The van der Waals surface area contributed by atoms with Crippen LogP contribution in [0.4, 0.5) is 0 Å². The average Bonchev–Trinajstić information content (AvgIpc) is 3.53. The monoisotopic (exact) mass is 482 g/mol. The first-order valence-electron chi connectivity index (χ1n) is 12.0. The van der Waals surface area contributed by atoms with Gasteiger partial charge < -0.3 is 9.84 Å². The Morgan fingerprint density at radius 3 is 2.71 bits per heavy atom. The number of hydrogen-bond donors (Lipinski definition) is 1. The fourth-order valence-electron chi connectivity index (χ4n) is 4.81. The summed E-state index contributed by atoms with van der Waals surface area (Å²) in [6.45, 7) is 1.30. The maximum Gasteiger partial charge on any atom is 0.262 e. The first-order valence-corrected chi connectivity index (χ1v) is 12.8. The highest BCUT2D eigenvalue weighted by Crippen LogP contribution is 2.33. The van der Waals surface area contributed by atoms with Gasteiger partial charge in [-0.15, -0.1) is 11.3 Å². The fraction of sp³-hybridized carbons (Fsp3) is 0.250. The van der Waals surface area contributed by atoms with Crippen LogP contribution in [-0.2, 0) is 32.4 Å². The molecule has 176 valence electrons. The lowest BCUT2D eigenvalue weighted by Crippen LogP contribution is -2.34. The number of aromatic nitrogens is 3. The van der Waals surface area contributed by atoms with Crippen molar-refractivity contribution in [2.24, 2.45) is 0 Å². The van der Waals surface area contributed by atoms with Gasteiger partial charge in [0, 0.05) is 35.6 Å². The molecule has 3 aromatic heterocycles. The van der Waals surface area contributed by atoms with E-state index in [1.807, 2.05) is 54.6 Å². The molecule has 6 nitrogen and oxygen atoms in total. The maximum absolute atomic E-state index is 13.3. The van der Waals surface area contributed by atoms with Crippen molar-refractivity contribution in [2.45, 2.75) is 44.8 Å². The number of fused-ring (bicyclic) bond motifs is 3. The van der Waals surface area contributed by atoms with Gasteiger partial charge in [0.25, 0.3) is 5.56 Å². The number of thiophene rings is 1. The van der Waals surface area contributed by atoms with E-state index in [1.54, 1.807) is 22.2 Å². The molecule has 1 atom stereocenters. The highest BCUT2D eigenvalue weighted by Gasteiger charge is 2.25. The standard InChI is InChI=1S/C28H26N4O2S/c33-28-26-23-12-11-21(29-17-22-15-24(34-31-22)20-9-5-2-6-10-20)16-25(23)35-27(26)30-18-32(28)14-13-19-7-3-1-4-8-19/h1-10,15,18,21,29H,11-14,16-17H2. The Kier molecular flexibility index (Phi) is 6.02. The molecule has 1 N–H and O–H groups in total. The third kappa shape index (κ3) is 4.57. The molecule has 0 saturated heterocycles. The molecule has 7 heteroatoms. The highest BCUT2D eigenvalue weighted by molar-refractivity contribution is 7.18. The third-order valence-electron chi connectivity index (χ3n) is 6.71. The Hall–Kier alpha value is -3.55. The molecule has 2 aromatic carbocycles. The van der Waals surface area contributed by atoms with E-state index in [9.17, 15) is 4.79 Å². The number of aryl methyl sites for hydroxylation is 3. The smallest absolute Gasteiger partial charge is 0.262 e. The minimum Gasteiger partial charge on any atom is -0.356 e. The molecule has 1 unspecified atom stereocenters. The van der Waals surface area contributed by atoms with E-state index >= 15 is 0 Å². The van der Waals surface area contributed by atoms with Crippen LogP contribution >= 0.6 is 11.3 Å². The van der Waals surface area contributed by atoms with Crippen LogP contribution in [0.15, 0.2) is 82.4 Å². The molecule has 5 aromatic rings. The van der Waals surface area contributed by atoms with Crippen molar-refractivity contribution in [1.82, 2.24) is 20.0 Å². The van der Waals surface area contributed by atoms with Gasteiger partial charge in [0.15, 0.2) is 5.76 Å². The fourth-order valence-corrected chi connectivity index (χ4v) is 6.07. The molecule has 3 heterocycles. The van der Waals surface area contributed by atoms with E-state index in [1.165, 1.54) is 16.0 Å². The molecule has 0 fully saturated rings. The van der Waals surface area contributed by atoms with E-state index in [2.05, 4.69) is 27.6 Å². The average molecular weight is 483 g/mol. The molecular formula is C28H26N4O2S. The summed E-state index contributed by atoms with van der Waals surface area (Å²) < 4.78 is 7.29. The Morgan fingerprint density at radius 1 is 1.09 bits per heavy atom. The minimum absolute atomic E-state index is 0.0888. The van der Waals surface area contributed by atoms with E-state index in [0.29, 0.717) is 19.1 Å². The summed E-state index contributed by atoms with van der Waals surface area (Å²) >= 11 is 1.67. The zero-order chi connectivity index (χ0) is 23.6. The molecule has 1 aliphatic carbocycles. The molecule has 0 saturated carbocycles. The van der Waals surface area contributed by atoms with Gasteiger partial charge in [-0.2, -0.15) is 0 Å². The first-order chi connectivity index (χ1) is 17.2. The van der Waals surface area contributed by atoms with Gasteiger partial charge >= 0.3 is 0 Å². The van der Waals surface area contributed by atoms with Gasteiger partial charge in [-0.1, -0.05) is 65.8 Å². The van der Waals surface area contributed by atoms with E-state index < -0.39 is 0 Å². The summed E-state index contributed by atoms with van der Waals surface area (Å²) in [5.74, 6) is 0.785. The number of hydrogen-bond acceptors (Lipinski definition) is 6. The van der Waals surface area contributed by atoms with Crippen LogP contribution in [0, 0.1) is 0 Å². The maximum atomic E-state index is 13.3. The van der Waals surface area contributed by atoms with Crippen LogP contribution in [0.5, 0.6) is 0 Å². The second-order valence-corrected chi connectivity index (χ2v) is 10.1. The topological polar surface area (TPSA) is 73.0 Å². The molecule has 0 amide bonds. The van der Waals surface area contributed by atoms with Gasteiger partial charge in [0.1, 0.15) is 4.83 Å². The predicted octanol–water partition coefficient (Wildman–Crippen LogP) is 5.00. The number of benzene rings is 2. The lowest BCUT2D eigenvalue weighted by atomic mass is 9.93. The first kappa shape index (κ1) is 21.9. The zero-order valence-corrected chi connectivity index (χ0v) is 20.1. The molecule has 0 spiro atoms. The summed E-state index contributed by atoms with van der Waals surface area (Å²) in [6, 6.07) is 22.6. The Morgan fingerprint density at radius 2 is 1.89 bits per heavy atom. The molecule has 1 aliphatic rings. The van der Waals surface area contributed by atoms with Crippen molar-refractivity contribution in [3.63, 3.8) is 0 Å². The summed E-state index contributed by atoms with van der Waals surface area (Å²) in [4.78, 5) is 20.1. The van der Waals surface area contributed by atoms with Crippen LogP contribution in [0.3, 0.4) is 0 Å². The number of rotatable bonds is 7. The van der Waals surface area contributed by atoms with Crippen molar-refractivity contribution in [2.75, 3.05) is 0 Å². The van der Waals surface area contributed by atoms with Crippen LogP contribution in [0.1, 0.15) is 28.1 Å². The van der Waals surface area contributed by atoms with E-state index in [-0.39, 0.29) is 5.56 Å². The van der Waals surface area contributed by atoms with Crippen LogP contribution in [0.2, 0.25) is 0 Å². The molecule has 0 bridgehead atoms. The van der Waals surface area contributed by atoms with Gasteiger partial charge in [-0.3, -0.25) is 9.36 Å². The summed E-state index contributed by atoms with van der Waals surface area (Å²) in [7, 11) is 0. The van der Waals surface area contributed by atoms with Crippen molar-refractivity contribution < 1.29 is 4.52 Å². The number of nitrogens with one attached hydrogen (secondary N) is 1. The number of nitrogens with zero attached hydrogens (tertiary/aromatic N) is 3. The summed E-state index contributed by atoms with van der Waals surface area (Å²) in [6.07, 6.45) is 5.31. The molecular weight excluding hydrogens is 456 g/mol. The van der Waals surface area contributed by atoms with Crippen molar-refractivity contribution >= 4 is 21.6 Å². The quantitative estimate of drug-likeness (QED) is 0.353. The SMILES string of the molecule is O=c1c2c3c(sc2ncn1CCc1ccccc1)CC(NCc1cc(-c2ccccc2)on1)CC3. The summed E-state index contributed by atoms with van der Waals surface area (Å²) in [5, 5.41) is 8.68. The van der Waals surface area contributed by atoms with Gasteiger partial charge in [-0.25, -0.2) is 4.98 Å². The largest absolute Gasteiger partial charge is 0.356 e. The lowest BCUT2D eigenvalue weighted by molar-refractivity contribution is 0.408. The van der Waals surface area contributed by atoms with Gasteiger partial charge in [0.2, 0.25) is 0 Å². The second-order valence-electron chi connectivity index (χ2n) is 9.03. The highest BCUT2D eigenvalue weighted by atomic mass is 32.1. The molecule has 6 rings (SSSR count). The molecule has 35 heavy (non-hydrogen) atoms. The minimum atomic E-state index is 0.0888. The molecule has 0 aliphatic heterocycles. The molecule has 0 radical (unpaired) electrons. The Balaban J connectivity index is 1.14. The van der Waals surface area contributed by atoms with Crippen LogP contribution in [0.25, 0.3) is 21.5 Å². The Labute approximate surface area is 207 Å². The zero-order valence-electron chi connectivity index (χ0n) is 19.3. The lowest BCUT2D eigenvalue weighted by Gasteiger charge is -2.23.